The summed E-state index contributed by atoms with van der Waals surface area (Å²) in [6.07, 6.45) is 6.59. The summed E-state index contributed by atoms with van der Waals surface area (Å²) in [4.78, 5) is 8.82. The van der Waals surface area contributed by atoms with Crippen LogP contribution < -0.4 is 0 Å². The molecule has 2 heterocycles. The van der Waals surface area contributed by atoms with Gasteiger partial charge in [-0.2, -0.15) is 0 Å². The van der Waals surface area contributed by atoms with E-state index in [-0.39, 0.29) is 0 Å². The number of aromatic nitrogens is 2. The molecule has 0 bridgehead atoms. The summed E-state index contributed by atoms with van der Waals surface area (Å²) in [6.45, 7) is 2.16. The third-order valence-electron chi connectivity index (χ3n) is 3.99. The molecule has 0 N–H and O–H groups in total. The fourth-order valence-corrected chi connectivity index (χ4v) is 3.07. The Morgan fingerprint density at radius 3 is 2.75 bits per heavy atom. The molecule has 0 saturated heterocycles. The summed E-state index contributed by atoms with van der Waals surface area (Å²) in [7, 11) is 0. The summed E-state index contributed by atoms with van der Waals surface area (Å²) in [5.74, 6) is 0. The highest BCUT2D eigenvalue weighted by molar-refractivity contribution is 5.84. The Morgan fingerprint density at radius 2 is 1.90 bits per heavy atom. The van der Waals surface area contributed by atoms with Crippen molar-refractivity contribution in [2.75, 3.05) is 0 Å². The second-order valence-corrected chi connectivity index (χ2v) is 5.21. The fraction of sp³-hybridized carbons (Fsp3) is 0.111. The van der Waals surface area contributed by atoms with Crippen LogP contribution in [0.2, 0.25) is 0 Å². The second kappa shape index (κ2) is 4.27. The van der Waals surface area contributed by atoms with Gasteiger partial charge in [0.25, 0.3) is 0 Å². The van der Waals surface area contributed by atoms with Gasteiger partial charge in [0.05, 0.1) is 5.69 Å². The van der Waals surface area contributed by atoms with Gasteiger partial charge < -0.3 is 0 Å². The highest BCUT2D eigenvalue weighted by Gasteiger charge is 2.24. The first-order valence-corrected chi connectivity index (χ1v) is 6.82. The van der Waals surface area contributed by atoms with Gasteiger partial charge in [-0.25, -0.2) is 0 Å². The molecule has 2 aromatic heterocycles. The average molecular weight is 258 g/mol. The predicted molar refractivity (Wildman–Crippen MR) is 80.4 cm³/mol. The van der Waals surface area contributed by atoms with E-state index >= 15 is 0 Å². The summed E-state index contributed by atoms with van der Waals surface area (Å²) >= 11 is 0. The van der Waals surface area contributed by atoms with Crippen LogP contribution in [0.15, 0.2) is 55.0 Å². The van der Waals surface area contributed by atoms with E-state index in [9.17, 15) is 0 Å². The minimum atomic E-state index is 0.963. The van der Waals surface area contributed by atoms with E-state index in [1.54, 1.807) is 0 Å². The first kappa shape index (κ1) is 11.4. The highest BCUT2D eigenvalue weighted by atomic mass is 14.7. The number of fused-ring (bicyclic) bond motifs is 3. The zero-order chi connectivity index (χ0) is 13.5. The van der Waals surface area contributed by atoms with Crippen molar-refractivity contribution in [2.45, 2.75) is 13.3 Å². The average Bonchev–Trinajstić information content (AvgIpc) is 2.88. The van der Waals surface area contributed by atoms with E-state index < -0.39 is 0 Å². The molecule has 0 unspecified atom stereocenters. The molecule has 0 atom stereocenters. The summed E-state index contributed by atoms with van der Waals surface area (Å²) in [5.41, 5.74) is 8.90. The van der Waals surface area contributed by atoms with Crippen molar-refractivity contribution in [2.24, 2.45) is 0 Å². The smallest absolute Gasteiger partial charge is 0.0743 e. The van der Waals surface area contributed by atoms with Gasteiger partial charge >= 0.3 is 0 Å². The lowest BCUT2D eigenvalue weighted by Gasteiger charge is -2.10. The Labute approximate surface area is 118 Å². The molecule has 0 fully saturated rings. The number of nitrogens with zero attached hydrogens (tertiary/aromatic N) is 2. The summed E-state index contributed by atoms with van der Waals surface area (Å²) < 4.78 is 0. The van der Waals surface area contributed by atoms with Gasteiger partial charge in [0, 0.05) is 36.1 Å². The molecule has 2 nitrogen and oxygen atoms in total. The Hall–Kier alpha value is -2.48. The molecule has 1 aliphatic carbocycles. The van der Waals surface area contributed by atoms with Gasteiger partial charge in [0.15, 0.2) is 0 Å². The van der Waals surface area contributed by atoms with Crippen molar-refractivity contribution in [3.8, 4) is 22.4 Å². The minimum Gasteiger partial charge on any atom is -0.264 e. The molecular weight excluding hydrogens is 244 g/mol. The standard InChI is InChI=1S/C18H14N2/c1-12-6-7-15(14-5-2-8-19-11-14)16-10-13-4-3-9-20-18(13)17(12)16/h2-9,11H,10H2,1H3. The molecule has 0 amide bonds. The van der Waals surface area contributed by atoms with Crippen LogP contribution in [-0.2, 0) is 6.42 Å². The highest BCUT2D eigenvalue weighted by Crippen LogP contribution is 2.42. The lowest BCUT2D eigenvalue weighted by atomic mass is 9.94. The van der Waals surface area contributed by atoms with Gasteiger partial charge in [0.2, 0.25) is 0 Å². The zero-order valence-electron chi connectivity index (χ0n) is 11.3. The molecule has 4 rings (SSSR count). The molecule has 96 valence electrons. The SMILES string of the molecule is Cc1ccc(-c2cccnc2)c2c1-c1ncccc1C2. The predicted octanol–water partition coefficient (Wildman–Crippen LogP) is 4.02. The molecule has 1 aliphatic rings. The summed E-state index contributed by atoms with van der Waals surface area (Å²) in [6, 6.07) is 12.7. The molecule has 0 aliphatic heterocycles. The number of pyridine rings is 2. The monoisotopic (exact) mass is 258 g/mol. The third kappa shape index (κ3) is 1.58. The van der Waals surface area contributed by atoms with E-state index in [1.807, 2.05) is 30.7 Å². The van der Waals surface area contributed by atoms with Gasteiger partial charge in [0.1, 0.15) is 0 Å². The van der Waals surface area contributed by atoms with Gasteiger partial charge in [-0.3, -0.25) is 9.97 Å². The van der Waals surface area contributed by atoms with Gasteiger partial charge in [-0.1, -0.05) is 24.3 Å². The maximum Gasteiger partial charge on any atom is 0.0743 e. The van der Waals surface area contributed by atoms with E-state index in [0.717, 1.165) is 12.1 Å². The molecule has 1 aromatic carbocycles. The van der Waals surface area contributed by atoms with Crippen molar-refractivity contribution in [3.63, 3.8) is 0 Å². The number of rotatable bonds is 1. The van der Waals surface area contributed by atoms with Crippen LogP contribution in [0.1, 0.15) is 16.7 Å². The quantitative estimate of drug-likeness (QED) is 0.515. The first-order valence-electron chi connectivity index (χ1n) is 6.82. The molecule has 2 heteroatoms. The summed E-state index contributed by atoms with van der Waals surface area (Å²) in [5, 5.41) is 0. The largest absolute Gasteiger partial charge is 0.264 e. The third-order valence-corrected chi connectivity index (χ3v) is 3.99. The Kier molecular flexibility index (Phi) is 2.43. The molecule has 0 saturated carbocycles. The van der Waals surface area contributed by atoms with E-state index in [4.69, 9.17) is 0 Å². The normalized spacial score (nSPS) is 12.1. The number of aryl methyl sites for hydroxylation is 1. The van der Waals surface area contributed by atoms with Crippen LogP contribution in [0, 0.1) is 6.92 Å². The molecule has 20 heavy (non-hydrogen) atoms. The van der Waals surface area contributed by atoms with Crippen LogP contribution in [-0.4, -0.2) is 9.97 Å². The van der Waals surface area contributed by atoms with Crippen LogP contribution in [0.4, 0.5) is 0 Å². The van der Waals surface area contributed by atoms with Crippen LogP contribution in [0.3, 0.4) is 0 Å². The van der Waals surface area contributed by atoms with Crippen molar-refractivity contribution in [1.82, 2.24) is 9.97 Å². The fourth-order valence-electron chi connectivity index (χ4n) is 3.07. The van der Waals surface area contributed by atoms with E-state index in [1.165, 1.54) is 33.4 Å². The molecular formula is C18H14N2. The first-order chi connectivity index (χ1) is 9.84. The van der Waals surface area contributed by atoms with Crippen molar-refractivity contribution >= 4 is 0 Å². The molecule has 3 aromatic rings. The van der Waals surface area contributed by atoms with Crippen LogP contribution >= 0.6 is 0 Å². The number of benzene rings is 1. The van der Waals surface area contributed by atoms with E-state index in [0.29, 0.717) is 0 Å². The lowest BCUT2D eigenvalue weighted by molar-refractivity contribution is 1.23. The van der Waals surface area contributed by atoms with Gasteiger partial charge in [-0.05, 0) is 41.3 Å². The molecule has 0 spiro atoms. The Balaban J connectivity index is 2.00. The number of hydrogen-bond acceptors (Lipinski definition) is 2. The Bertz CT molecular complexity index is 792. The van der Waals surface area contributed by atoms with Crippen molar-refractivity contribution < 1.29 is 0 Å². The minimum absolute atomic E-state index is 0.963. The zero-order valence-corrected chi connectivity index (χ0v) is 11.3. The van der Waals surface area contributed by atoms with Gasteiger partial charge in [-0.15, -0.1) is 0 Å². The number of hydrogen-bond donors (Lipinski definition) is 0. The van der Waals surface area contributed by atoms with Crippen LogP contribution in [0.25, 0.3) is 22.4 Å². The van der Waals surface area contributed by atoms with Crippen LogP contribution in [0.5, 0.6) is 0 Å². The van der Waals surface area contributed by atoms with Crippen molar-refractivity contribution in [1.29, 1.82) is 0 Å². The lowest BCUT2D eigenvalue weighted by Crippen LogP contribution is -1.91. The maximum absolute atomic E-state index is 4.58. The molecule has 0 radical (unpaired) electrons. The Morgan fingerprint density at radius 1 is 1.00 bits per heavy atom. The second-order valence-electron chi connectivity index (χ2n) is 5.21. The topological polar surface area (TPSA) is 25.8 Å². The van der Waals surface area contributed by atoms with E-state index in [2.05, 4.69) is 41.2 Å². The van der Waals surface area contributed by atoms with Crippen molar-refractivity contribution in [3.05, 3.63) is 71.7 Å². The maximum atomic E-state index is 4.58.